The van der Waals surface area contributed by atoms with Gasteiger partial charge in [0.2, 0.25) is 0 Å². The van der Waals surface area contributed by atoms with E-state index in [0.717, 1.165) is 12.2 Å². The molecular formula is C8H16N2O. The van der Waals surface area contributed by atoms with Crippen molar-refractivity contribution >= 4 is 0 Å². The Morgan fingerprint density at radius 2 is 2.45 bits per heavy atom. The highest BCUT2D eigenvalue weighted by molar-refractivity contribution is 5.12. The second-order valence-corrected chi connectivity index (χ2v) is 2.08. The summed E-state index contributed by atoms with van der Waals surface area (Å²) in [4.78, 5) is 0. The molecule has 0 aliphatic carbocycles. The van der Waals surface area contributed by atoms with E-state index in [1.165, 1.54) is 0 Å². The number of rotatable bonds is 6. The molecule has 0 atom stereocenters. The van der Waals surface area contributed by atoms with Crippen molar-refractivity contribution in [2.24, 2.45) is 5.73 Å². The van der Waals surface area contributed by atoms with Gasteiger partial charge in [-0.15, -0.1) is 0 Å². The van der Waals surface area contributed by atoms with E-state index in [2.05, 4.69) is 11.9 Å². The number of hydrogen-bond donors (Lipinski definition) is 2. The van der Waals surface area contributed by atoms with Gasteiger partial charge in [0.1, 0.15) is 0 Å². The van der Waals surface area contributed by atoms with Gasteiger partial charge in [0.25, 0.3) is 0 Å². The van der Waals surface area contributed by atoms with Crippen LogP contribution < -0.4 is 11.1 Å². The van der Waals surface area contributed by atoms with Gasteiger partial charge in [0.05, 0.1) is 6.61 Å². The molecule has 3 N–H and O–H groups in total. The van der Waals surface area contributed by atoms with E-state index in [4.69, 9.17) is 10.5 Å². The minimum absolute atomic E-state index is 0.547. The third-order valence-corrected chi connectivity index (χ3v) is 1.11. The zero-order valence-electron chi connectivity index (χ0n) is 6.97. The van der Waals surface area contributed by atoms with Crippen molar-refractivity contribution in [2.45, 2.75) is 0 Å². The van der Waals surface area contributed by atoms with Crippen LogP contribution in [0.3, 0.4) is 0 Å². The number of nitrogens with two attached hydrogens (primary N) is 1. The molecule has 0 aliphatic heterocycles. The molecule has 3 heteroatoms. The van der Waals surface area contributed by atoms with Gasteiger partial charge in [-0.25, -0.2) is 0 Å². The average molecular weight is 156 g/mol. The Labute approximate surface area is 67.9 Å². The summed E-state index contributed by atoms with van der Waals surface area (Å²) >= 11 is 0. The van der Waals surface area contributed by atoms with Crippen molar-refractivity contribution < 1.29 is 4.74 Å². The van der Waals surface area contributed by atoms with Crippen LogP contribution in [0.1, 0.15) is 0 Å². The third kappa shape index (κ3) is 7.09. The van der Waals surface area contributed by atoms with Crippen LogP contribution in [0, 0.1) is 0 Å². The van der Waals surface area contributed by atoms with Gasteiger partial charge in [-0.05, 0) is 6.08 Å². The summed E-state index contributed by atoms with van der Waals surface area (Å²) in [5.74, 6) is 0. The predicted molar refractivity (Wildman–Crippen MR) is 47.2 cm³/mol. The molecule has 11 heavy (non-hydrogen) atoms. The molecule has 0 saturated heterocycles. The Bertz CT molecular complexity index is 132. The highest BCUT2D eigenvalue weighted by Gasteiger charge is 1.84. The standard InChI is InChI=1S/C8H16N2O/c1-8(4-3-5-9)10-6-7-11-2/h3-4,10H,1,5-7,9H2,2H3/b4-3-. The van der Waals surface area contributed by atoms with Gasteiger partial charge in [-0.2, -0.15) is 0 Å². The molecule has 64 valence electrons. The van der Waals surface area contributed by atoms with Crippen LogP contribution in [0.2, 0.25) is 0 Å². The molecule has 0 rings (SSSR count). The van der Waals surface area contributed by atoms with Gasteiger partial charge in [-0.3, -0.25) is 0 Å². The zero-order chi connectivity index (χ0) is 8.53. The van der Waals surface area contributed by atoms with Crippen molar-refractivity contribution in [2.75, 3.05) is 26.8 Å². The van der Waals surface area contributed by atoms with Gasteiger partial charge >= 0.3 is 0 Å². The van der Waals surface area contributed by atoms with E-state index in [1.807, 2.05) is 12.2 Å². The molecule has 0 spiro atoms. The predicted octanol–water partition coefficient (Wildman–Crippen LogP) is 0.251. The molecule has 0 aromatic heterocycles. The molecule has 0 aliphatic rings. The van der Waals surface area contributed by atoms with Gasteiger partial charge < -0.3 is 15.8 Å². The molecule has 0 radical (unpaired) electrons. The minimum atomic E-state index is 0.547. The number of methoxy groups -OCH3 is 1. The fourth-order valence-corrected chi connectivity index (χ4v) is 0.583. The molecule has 0 amide bonds. The molecule has 0 aromatic carbocycles. The lowest BCUT2D eigenvalue weighted by Crippen LogP contribution is -2.16. The maximum Gasteiger partial charge on any atom is 0.0635 e. The van der Waals surface area contributed by atoms with Crippen LogP contribution in [0.25, 0.3) is 0 Å². The molecule has 0 unspecified atom stereocenters. The first-order chi connectivity index (χ1) is 5.31. The normalized spacial score (nSPS) is 10.4. The first-order valence-electron chi connectivity index (χ1n) is 3.59. The summed E-state index contributed by atoms with van der Waals surface area (Å²) in [5.41, 5.74) is 6.12. The summed E-state index contributed by atoms with van der Waals surface area (Å²) in [6.45, 7) is 5.77. The van der Waals surface area contributed by atoms with Crippen LogP contribution in [-0.2, 0) is 4.74 Å². The van der Waals surface area contributed by atoms with E-state index < -0.39 is 0 Å². The van der Waals surface area contributed by atoms with E-state index in [9.17, 15) is 0 Å². The van der Waals surface area contributed by atoms with Crippen LogP contribution in [0.5, 0.6) is 0 Å². The van der Waals surface area contributed by atoms with Crippen LogP contribution in [0.15, 0.2) is 24.4 Å². The zero-order valence-corrected chi connectivity index (χ0v) is 6.97. The summed E-state index contributed by atoms with van der Waals surface area (Å²) in [5, 5.41) is 3.06. The third-order valence-electron chi connectivity index (χ3n) is 1.11. The topological polar surface area (TPSA) is 47.3 Å². The van der Waals surface area contributed by atoms with E-state index >= 15 is 0 Å². The quantitative estimate of drug-likeness (QED) is 0.428. The Hall–Kier alpha value is -0.800. The molecule has 0 saturated carbocycles. The molecular weight excluding hydrogens is 140 g/mol. The summed E-state index contributed by atoms with van der Waals surface area (Å²) in [6.07, 6.45) is 3.71. The van der Waals surface area contributed by atoms with Crippen molar-refractivity contribution in [1.29, 1.82) is 0 Å². The first-order valence-corrected chi connectivity index (χ1v) is 3.59. The molecule has 0 fully saturated rings. The van der Waals surface area contributed by atoms with Crippen molar-refractivity contribution in [3.63, 3.8) is 0 Å². The van der Waals surface area contributed by atoms with Gasteiger partial charge in [0, 0.05) is 25.9 Å². The maximum absolute atomic E-state index is 5.25. The van der Waals surface area contributed by atoms with Crippen LogP contribution >= 0.6 is 0 Å². The first kappa shape index (κ1) is 10.2. The monoisotopic (exact) mass is 156 g/mol. The lowest BCUT2D eigenvalue weighted by Gasteiger charge is -2.03. The summed E-state index contributed by atoms with van der Waals surface area (Å²) in [7, 11) is 1.67. The van der Waals surface area contributed by atoms with Crippen molar-refractivity contribution in [3.05, 3.63) is 24.4 Å². The smallest absolute Gasteiger partial charge is 0.0635 e. The highest BCUT2D eigenvalue weighted by atomic mass is 16.5. The number of nitrogens with one attached hydrogen (secondary N) is 1. The Morgan fingerprint density at radius 1 is 1.73 bits per heavy atom. The van der Waals surface area contributed by atoms with Crippen molar-refractivity contribution in [1.82, 2.24) is 5.32 Å². The van der Waals surface area contributed by atoms with E-state index in [-0.39, 0.29) is 0 Å². The second-order valence-electron chi connectivity index (χ2n) is 2.08. The maximum atomic E-state index is 5.25. The summed E-state index contributed by atoms with van der Waals surface area (Å²) in [6, 6.07) is 0. The minimum Gasteiger partial charge on any atom is -0.383 e. The lowest BCUT2D eigenvalue weighted by atomic mass is 10.4. The average Bonchev–Trinajstić information content (AvgIpc) is 2.01. The van der Waals surface area contributed by atoms with E-state index in [1.54, 1.807) is 7.11 Å². The van der Waals surface area contributed by atoms with Gasteiger partial charge in [-0.1, -0.05) is 12.7 Å². The fourth-order valence-electron chi connectivity index (χ4n) is 0.583. The molecule has 0 heterocycles. The molecule has 3 nitrogen and oxygen atoms in total. The largest absolute Gasteiger partial charge is 0.383 e. The SMILES string of the molecule is C=C(/C=C\CN)NCCOC. The number of hydrogen-bond acceptors (Lipinski definition) is 3. The van der Waals surface area contributed by atoms with Crippen LogP contribution in [-0.4, -0.2) is 26.8 Å². The Balaban J connectivity index is 3.30. The van der Waals surface area contributed by atoms with Gasteiger partial charge in [0.15, 0.2) is 0 Å². The van der Waals surface area contributed by atoms with Crippen molar-refractivity contribution in [3.8, 4) is 0 Å². The highest BCUT2D eigenvalue weighted by Crippen LogP contribution is 1.84. The Kier molecular flexibility index (Phi) is 6.78. The fraction of sp³-hybridized carbons (Fsp3) is 0.500. The molecule has 0 aromatic rings. The molecule has 0 bridgehead atoms. The van der Waals surface area contributed by atoms with Crippen LogP contribution in [0.4, 0.5) is 0 Å². The number of ether oxygens (including phenoxy) is 1. The van der Waals surface area contributed by atoms with E-state index in [0.29, 0.717) is 13.2 Å². The lowest BCUT2D eigenvalue weighted by molar-refractivity contribution is 0.202. The second kappa shape index (κ2) is 7.31. The summed E-state index contributed by atoms with van der Waals surface area (Å²) < 4.78 is 4.84. The number of allylic oxidation sites excluding steroid dienone is 1. The Morgan fingerprint density at radius 3 is 3.00 bits per heavy atom.